The summed E-state index contributed by atoms with van der Waals surface area (Å²) in [7, 11) is 0. The number of hydrogen-bond donors (Lipinski definition) is 1. The summed E-state index contributed by atoms with van der Waals surface area (Å²) in [6.07, 6.45) is 0.421. The van der Waals surface area contributed by atoms with Crippen molar-refractivity contribution >= 4 is 29.1 Å². The first-order valence-electron chi connectivity index (χ1n) is 7.09. The number of fused-ring (bicyclic) bond motifs is 2. The second kappa shape index (κ2) is 5.92. The zero-order chi connectivity index (χ0) is 16.4. The quantitative estimate of drug-likeness (QED) is 0.649. The summed E-state index contributed by atoms with van der Waals surface area (Å²) in [5.41, 5.74) is 9.03. The molecule has 2 amide bonds. The lowest BCUT2D eigenvalue weighted by Gasteiger charge is -2.22. The predicted octanol–water partition coefficient (Wildman–Crippen LogP) is 2.73. The average Bonchev–Trinajstić information content (AvgIpc) is 2.67. The molecule has 2 aromatic rings. The van der Waals surface area contributed by atoms with Gasteiger partial charge in [0.25, 0.3) is 0 Å². The van der Waals surface area contributed by atoms with E-state index in [1.165, 1.54) is 11.8 Å². The van der Waals surface area contributed by atoms with Gasteiger partial charge < -0.3 is 10.6 Å². The molecule has 0 unspecified atom stereocenters. The molecule has 0 saturated heterocycles. The van der Waals surface area contributed by atoms with Gasteiger partial charge in [0, 0.05) is 18.9 Å². The fourth-order valence-corrected chi connectivity index (χ4v) is 2.63. The number of para-hydroxylation sites is 2. The zero-order valence-corrected chi connectivity index (χ0v) is 12.5. The van der Waals surface area contributed by atoms with Gasteiger partial charge in [0.05, 0.1) is 17.1 Å². The van der Waals surface area contributed by atoms with Crippen molar-refractivity contribution in [2.45, 2.75) is 13.3 Å². The Morgan fingerprint density at radius 2 is 1.74 bits per heavy atom. The number of carbonyl (C=O) groups is 2. The summed E-state index contributed by atoms with van der Waals surface area (Å²) in [5.74, 6) is -0.501. The van der Waals surface area contributed by atoms with Crippen LogP contribution >= 0.6 is 0 Å². The van der Waals surface area contributed by atoms with E-state index in [1.54, 1.807) is 6.07 Å². The van der Waals surface area contributed by atoms with E-state index in [0.29, 0.717) is 29.1 Å². The minimum absolute atomic E-state index is 0.421. The summed E-state index contributed by atoms with van der Waals surface area (Å²) >= 11 is 0. The van der Waals surface area contributed by atoms with Crippen molar-refractivity contribution in [1.82, 2.24) is 0 Å². The largest absolute Gasteiger partial charge is 0.351 e. The maximum absolute atomic E-state index is 12.0. The molecule has 1 heterocycles. The molecule has 0 aromatic heterocycles. The van der Waals surface area contributed by atoms with E-state index < -0.39 is 12.0 Å². The van der Waals surface area contributed by atoms with Crippen LogP contribution in [0.25, 0.3) is 0 Å². The van der Waals surface area contributed by atoms with E-state index in [2.05, 4.69) is 5.16 Å². The van der Waals surface area contributed by atoms with E-state index in [4.69, 9.17) is 10.6 Å². The third-order valence-electron chi connectivity index (χ3n) is 3.55. The molecule has 2 N–H and O–H groups in total. The Kier molecular flexibility index (Phi) is 3.80. The Labute approximate surface area is 133 Å². The van der Waals surface area contributed by atoms with E-state index >= 15 is 0 Å². The Morgan fingerprint density at radius 1 is 1.09 bits per heavy atom. The highest BCUT2D eigenvalue weighted by molar-refractivity contribution is 6.13. The smallest absolute Gasteiger partial charge is 0.331 e. The fraction of sp³-hybridized carbons (Fsp3) is 0.118. The number of rotatable bonds is 1. The molecule has 0 aliphatic carbocycles. The first-order chi connectivity index (χ1) is 11.1. The van der Waals surface area contributed by atoms with Gasteiger partial charge in [0.15, 0.2) is 0 Å². The number of oxime groups is 1. The van der Waals surface area contributed by atoms with Crippen LogP contribution in [0.15, 0.2) is 53.7 Å². The molecule has 116 valence electrons. The topological polar surface area (TPSA) is 85.0 Å². The number of amides is 2. The number of anilines is 2. The van der Waals surface area contributed by atoms with Gasteiger partial charge in [-0.25, -0.2) is 9.59 Å². The molecule has 1 aliphatic rings. The molecule has 1 aliphatic heterocycles. The molecule has 6 nitrogen and oxygen atoms in total. The third-order valence-corrected chi connectivity index (χ3v) is 3.55. The second-order valence-corrected chi connectivity index (χ2v) is 5.12. The molecule has 0 spiro atoms. The fourth-order valence-electron chi connectivity index (χ4n) is 2.63. The van der Waals surface area contributed by atoms with Crippen LogP contribution in [0, 0.1) is 0 Å². The van der Waals surface area contributed by atoms with Gasteiger partial charge in [0.2, 0.25) is 0 Å². The molecule has 2 aromatic carbocycles. The average molecular weight is 309 g/mol. The van der Waals surface area contributed by atoms with Gasteiger partial charge in [-0.2, -0.15) is 0 Å². The van der Waals surface area contributed by atoms with Gasteiger partial charge in [-0.05, 0) is 17.7 Å². The summed E-state index contributed by atoms with van der Waals surface area (Å²) in [6.45, 7) is 1.29. The van der Waals surface area contributed by atoms with Crippen LogP contribution in [0.5, 0.6) is 0 Å². The SMILES string of the molecule is CC(=O)O/N=C1/Cc2ccccc2N(C(N)=O)c2ccccc21. The third kappa shape index (κ3) is 2.78. The molecule has 0 fully saturated rings. The molecule has 3 rings (SSSR count). The second-order valence-electron chi connectivity index (χ2n) is 5.12. The highest BCUT2D eigenvalue weighted by atomic mass is 16.7. The number of nitrogens with two attached hydrogens (primary N) is 1. The van der Waals surface area contributed by atoms with Crippen LogP contribution in [-0.2, 0) is 16.1 Å². The van der Waals surface area contributed by atoms with E-state index in [9.17, 15) is 9.59 Å². The van der Waals surface area contributed by atoms with Crippen molar-refractivity contribution in [3.05, 3.63) is 59.7 Å². The molecule has 0 saturated carbocycles. The maximum atomic E-state index is 12.0. The summed E-state index contributed by atoms with van der Waals surface area (Å²) in [6, 6.07) is 14.1. The Morgan fingerprint density at radius 3 is 2.43 bits per heavy atom. The normalized spacial score (nSPS) is 14.7. The molecule has 23 heavy (non-hydrogen) atoms. The van der Waals surface area contributed by atoms with Gasteiger partial charge in [-0.3, -0.25) is 4.90 Å². The van der Waals surface area contributed by atoms with Crippen molar-refractivity contribution in [2.75, 3.05) is 4.90 Å². The number of carbonyl (C=O) groups excluding carboxylic acids is 2. The van der Waals surface area contributed by atoms with Gasteiger partial charge >= 0.3 is 12.0 Å². The maximum Gasteiger partial charge on any atom is 0.331 e. The summed E-state index contributed by atoms with van der Waals surface area (Å²) in [4.78, 5) is 29.4. The van der Waals surface area contributed by atoms with Crippen LogP contribution in [0.2, 0.25) is 0 Å². The molecule has 0 radical (unpaired) electrons. The van der Waals surface area contributed by atoms with Gasteiger partial charge in [-0.15, -0.1) is 0 Å². The van der Waals surface area contributed by atoms with Crippen molar-refractivity contribution in [3.63, 3.8) is 0 Å². The molecule has 0 bridgehead atoms. The predicted molar refractivity (Wildman–Crippen MR) is 86.6 cm³/mol. The van der Waals surface area contributed by atoms with Crippen molar-refractivity contribution in [3.8, 4) is 0 Å². The summed E-state index contributed by atoms with van der Waals surface area (Å²) < 4.78 is 0. The van der Waals surface area contributed by atoms with Gasteiger partial charge in [0.1, 0.15) is 0 Å². The molecular weight excluding hydrogens is 294 g/mol. The van der Waals surface area contributed by atoms with Crippen LogP contribution in [0.4, 0.5) is 16.2 Å². The number of hydrogen-bond acceptors (Lipinski definition) is 4. The monoisotopic (exact) mass is 309 g/mol. The minimum Gasteiger partial charge on any atom is -0.351 e. The highest BCUT2D eigenvalue weighted by Crippen LogP contribution is 2.35. The van der Waals surface area contributed by atoms with Crippen LogP contribution in [0.3, 0.4) is 0 Å². The Balaban J connectivity index is 2.24. The van der Waals surface area contributed by atoms with E-state index in [-0.39, 0.29) is 0 Å². The molecule has 6 heteroatoms. The van der Waals surface area contributed by atoms with Crippen molar-refractivity contribution in [2.24, 2.45) is 10.9 Å². The number of primary amides is 1. The van der Waals surface area contributed by atoms with Crippen molar-refractivity contribution < 1.29 is 14.4 Å². The van der Waals surface area contributed by atoms with Crippen molar-refractivity contribution in [1.29, 1.82) is 0 Å². The highest BCUT2D eigenvalue weighted by Gasteiger charge is 2.27. The Hall–Kier alpha value is -3.15. The first kappa shape index (κ1) is 14.8. The Bertz CT molecular complexity index is 814. The summed E-state index contributed by atoms with van der Waals surface area (Å²) in [5, 5.41) is 3.97. The number of benzene rings is 2. The first-order valence-corrected chi connectivity index (χ1v) is 7.09. The lowest BCUT2D eigenvalue weighted by atomic mass is 10.0. The van der Waals surface area contributed by atoms with E-state index in [0.717, 1.165) is 5.56 Å². The minimum atomic E-state index is -0.585. The van der Waals surface area contributed by atoms with Crippen LogP contribution in [-0.4, -0.2) is 17.7 Å². The van der Waals surface area contributed by atoms with Crippen LogP contribution < -0.4 is 10.6 Å². The van der Waals surface area contributed by atoms with E-state index in [1.807, 2.05) is 42.5 Å². The lowest BCUT2D eigenvalue weighted by molar-refractivity contribution is -0.140. The number of urea groups is 1. The molecule has 0 atom stereocenters. The number of nitrogens with zero attached hydrogens (tertiary/aromatic N) is 2. The lowest BCUT2D eigenvalue weighted by Crippen LogP contribution is -2.32. The van der Waals surface area contributed by atoms with Gasteiger partial charge in [-0.1, -0.05) is 41.6 Å². The molecular formula is C17H15N3O3. The zero-order valence-electron chi connectivity index (χ0n) is 12.5. The van der Waals surface area contributed by atoms with Crippen LogP contribution in [0.1, 0.15) is 18.1 Å². The standard InChI is InChI=1S/C17H15N3O3/c1-11(21)23-19-14-10-12-6-2-4-8-15(12)20(17(18)22)16-9-5-3-7-13(14)16/h2-9H,10H2,1H3,(H2,18,22)/b19-14-.